The molecule has 5 nitrogen and oxygen atoms in total. The van der Waals surface area contributed by atoms with Gasteiger partial charge in [0.15, 0.2) is 0 Å². The van der Waals surface area contributed by atoms with E-state index in [1.54, 1.807) is 13.0 Å². The summed E-state index contributed by atoms with van der Waals surface area (Å²) in [5, 5.41) is 6.14. The lowest BCUT2D eigenvalue weighted by Gasteiger charge is -2.29. The molecular formula is C18H13Cl2F3N2O3S. The highest BCUT2D eigenvalue weighted by Crippen LogP contribution is 2.50. The fraction of sp³-hybridized carbons (Fsp3) is 0.278. The van der Waals surface area contributed by atoms with E-state index in [0.717, 1.165) is 23.5 Å². The molecular weight excluding hydrogens is 452 g/mol. The van der Waals surface area contributed by atoms with E-state index in [9.17, 15) is 22.8 Å². The molecule has 0 saturated carbocycles. The number of amides is 1. The highest BCUT2D eigenvalue weighted by molar-refractivity contribution is 7.16. The lowest BCUT2D eigenvalue weighted by atomic mass is 9.88. The van der Waals surface area contributed by atoms with Gasteiger partial charge in [-0.1, -0.05) is 28.4 Å². The predicted molar refractivity (Wildman–Crippen MR) is 104 cm³/mol. The Morgan fingerprint density at radius 3 is 2.55 bits per heavy atom. The summed E-state index contributed by atoms with van der Waals surface area (Å²) < 4.78 is 42.1. The van der Waals surface area contributed by atoms with Crippen molar-refractivity contribution in [2.75, 3.05) is 6.54 Å². The van der Waals surface area contributed by atoms with Crippen LogP contribution >= 0.6 is 34.5 Å². The molecule has 0 spiro atoms. The topological polar surface area (TPSA) is 67.8 Å². The first-order chi connectivity index (χ1) is 13.6. The van der Waals surface area contributed by atoms with Gasteiger partial charge in [0.2, 0.25) is 0 Å². The predicted octanol–water partition coefficient (Wildman–Crippen LogP) is 4.87. The molecule has 0 fully saturated rings. The third-order valence-electron chi connectivity index (χ3n) is 4.27. The monoisotopic (exact) mass is 464 g/mol. The third-order valence-corrected chi connectivity index (χ3v) is 5.99. The summed E-state index contributed by atoms with van der Waals surface area (Å²) in [7, 11) is 0. The van der Waals surface area contributed by atoms with E-state index >= 15 is 0 Å². The number of carbonyl (C=O) groups is 2. The molecule has 2 aromatic rings. The van der Waals surface area contributed by atoms with E-state index < -0.39 is 24.1 Å². The maximum atomic E-state index is 14.0. The molecule has 1 aliphatic rings. The average Bonchev–Trinajstić information content (AvgIpc) is 3.23. The number of hydrogen-bond donors (Lipinski definition) is 1. The SMILES string of the molecule is Cc1cc(C2=NOC(c3cc(Cl)cc(Cl)c3)(C(F)(F)F)C2)sc1C(=O)NCC=O. The lowest BCUT2D eigenvalue weighted by molar-refractivity contribution is -0.275. The van der Waals surface area contributed by atoms with Crippen LogP contribution in [0, 0.1) is 6.92 Å². The van der Waals surface area contributed by atoms with Crippen LogP contribution in [0.2, 0.25) is 10.0 Å². The molecule has 0 bridgehead atoms. The average molecular weight is 465 g/mol. The quantitative estimate of drug-likeness (QED) is 0.641. The van der Waals surface area contributed by atoms with Crippen LogP contribution in [0.5, 0.6) is 0 Å². The number of benzene rings is 1. The van der Waals surface area contributed by atoms with Crippen LogP contribution in [0.3, 0.4) is 0 Å². The number of hydrogen-bond acceptors (Lipinski definition) is 5. The summed E-state index contributed by atoms with van der Waals surface area (Å²) in [4.78, 5) is 28.1. The first-order valence-electron chi connectivity index (χ1n) is 8.18. The first-order valence-corrected chi connectivity index (χ1v) is 9.75. The molecule has 154 valence electrons. The van der Waals surface area contributed by atoms with E-state index in [0.29, 0.717) is 16.7 Å². The Hall–Kier alpha value is -2.10. The van der Waals surface area contributed by atoms with Crippen LogP contribution in [0.15, 0.2) is 29.4 Å². The van der Waals surface area contributed by atoms with Crippen LogP contribution in [0.25, 0.3) is 0 Å². The van der Waals surface area contributed by atoms with Crippen molar-refractivity contribution in [1.82, 2.24) is 5.32 Å². The van der Waals surface area contributed by atoms with Gasteiger partial charge in [0.05, 0.1) is 22.7 Å². The Balaban J connectivity index is 1.95. The summed E-state index contributed by atoms with van der Waals surface area (Å²) >= 11 is 12.7. The Morgan fingerprint density at radius 1 is 1.31 bits per heavy atom. The van der Waals surface area contributed by atoms with Gasteiger partial charge in [-0.05, 0) is 36.8 Å². The van der Waals surface area contributed by atoms with Crippen molar-refractivity contribution in [3.63, 3.8) is 0 Å². The lowest BCUT2D eigenvalue weighted by Crippen LogP contribution is -2.42. The number of nitrogens with zero attached hydrogens (tertiary/aromatic N) is 1. The van der Waals surface area contributed by atoms with Gasteiger partial charge in [-0.2, -0.15) is 13.2 Å². The van der Waals surface area contributed by atoms with Gasteiger partial charge in [-0.15, -0.1) is 11.3 Å². The van der Waals surface area contributed by atoms with E-state index in [2.05, 4.69) is 10.5 Å². The van der Waals surface area contributed by atoms with Crippen LogP contribution in [0.4, 0.5) is 13.2 Å². The number of aldehydes is 1. The van der Waals surface area contributed by atoms with Crippen LogP contribution < -0.4 is 5.32 Å². The maximum Gasteiger partial charge on any atom is 0.435 e. The Morgan fingerprint density at radius 2 is 1.97 bits per heavy atom. The summed E-state index contributed by atoms with van der Waals surface area (Å²) in [6, 6.07) is 5.15. The molecule has 11 heteroatoms. The van der Waals surface area contributed by atoms with E-state index in [-0.39, 0.29) is 32.7 Å². The Kier molecular flexibility index (Phi) is 5.93. The van der Waals surface area contributed by atoms with Gasteiger partial charge in [0.1, 0.15) is 12.0 Å². The van der Waals surface area contributed by atoms with Gasteiger partial charge in [0.25, 0.3) is 11.5 Å². The second kappa shape index (κ2) is 7.97. The van der Waals surface area contributed by atoms with Crippen molar-refractivity contribution in [3.8, 4) is 0 Å². The number of carbonyl (C=O) groups excluding carboxylic acids is 2. The molecule has 0 saturated heterocycles. The fourth-order valence-electron chi connectivity index (χ4n) is 2.89. The zero-order valence-electron chi connectivity index (χ0n) is 14.8. The zero-order chi connectivity index (χ0) is 21.4. The van der Waals surface area contributed by atoms with Crippen LogP contribution in [-0.2, 0) is 15.2 Å². The van der Waals surface area contributed by atoms with Gasteiger partial charge in [0, 0.05) is 15.6 Å². The Bertz CT molecular complexity index is 986. The highest BCUT2D eigenvalue weighted by atomic mass is 35.5. The molecule has 1 amide bonds. The van der Waals surface area contributed by atoms with Crippen LogP contribution in [-0.4, -0.2) is 30.6 Å². The number of rotatable bonds is 5. The minimum Gasteiger partial charge on any atom is -0.374 e. The molecule has 0 radical (unpaired) electrons. The molecule has 1 aromatic heterocycles. The molecule has 1 unspecified atom stereocenters. The third kappa shape index (κ3) is 4.12. The van der Waals surface area contributed by atoms with Crippen molar-refractivity contribution in [2.24, 2.45) is 5.16 Å². The molecule has 3 rings (SSSR count). The van der Waals surface area contributed by atoms with E-state index in [4.69, 9.17) is 28.0 Å². The van der Waals surface area contributed by atoms with Gasteiger partial charge in [-0.25, -0.2) is 0 Å². The summed E-state index contributed by atoms with van der Waals surface area (Å²) in [5.74, 6) is -0.492. The molecule has 1 aromatic carbocycles. The standard InChI is InChI=1S/C18H13Cl2F3N2O3S/c1-9-4-14(29-15(9)16(27)24-2-3-26)13-8-17(28-25-13,18(21,22)23)10-5-11(19)7-12(20)6-10/h3-7H,2,8H2,1H3,(H,24,27). The largest absolute Gasteiger partial charge is 0.435 e. The number of nitrogens with one attached hydrogen (secondary N) is 1. The maximum absolute atomic E-state index is 14.0. The number of alkyl halides is 3. The van der Waals surface area contributed by atoms with Gasteiger partial charge in [-0.3, -0.25) is 4.79 Å². The summed E-state index contributed by atoms with van der Waals surface area (Å²) in [5.41, 5.74) is -2.42. The molecule has 1 atom stereocenters. The van der Waals surface area contributed by atoms with Crippen molar-refractivity contribution in [1.29, 1.82) is 0 Å². The summed E-state index contributed by atoms with van der Waals surface area (Å²) in [6.45, 7) is 1.47. The van der Waals surface area contributed by atoms with E-state index in [1.165, 1.54) is 6.07 Å². The second-order valence-electron chi connectivity index (χ2n) is 6.29. The number of thiophene rings is 1. The first kappa shape index (κ1) is 21.6. The van der Waals surface area contributed by atoms with Gasteiger partial charge < -0.3 is 14.9 Å². The summed E-state index contributed by atoms with van der Waals surface area (Å²) in [6.07, 6.45) is -4.88. The number of aryl methyl sites for hydroxylation is 1. The molecule has 29 heavy (non-hydrogen) atoms. The molecule has 1 N–H and O–H groups in total. The van der Waals surface area contributed by atoms with Gasteiger partial charge >= 0.3 is 6.18 Å². The minimum absolute atomic E-state index is 0.0364. The number of oxime groups is 1. The second-order valence-corrected chi connectivity index (χ2v) is 8.21. The molecule has 1 aliphatic heterocycles. The van der Waals surface area contributed by atoms with Crippen molar-refractivity contribution < 1.29 is 27.6 Å². The zero-order valence-corrected chi connectivity index (χ0v) is 17.1. The van der Waals surface area contributed by atoms with Crippen molar-refractivity contribution in [2.45, 2.75) is 25.1 Å². The van der Waals surface area contributed by atoms with Crippen LogP contribution in [0.1, 0.15) is 32.1 Å². The highest BCUT2D eigenvalue weighted by Gasteiger charge is 2.62. The van der Waals surface area contributed by atoms with E-state index in [1.807, 2.05) is 0 Å². The molecule has 0 aliphatic carbocycles. The number of halogens is 5. The minimum atomic E-state index is -4.80. The Labute approximate surface area is 177 Å². The van der Waals surface area contributed by atoms with Crippen molar-refractivity contribution in [3.05, 3.63) is 55.2 Å². The smallest absolute Gasteiger partial charge is 0.374 e. The van der Waals surface area contributed by atoms with Crippen molar-refractivity contribution >= 4 is 52.4 Å². The normalized spacial score (nSPS) is 18.9. The fourth-order valence-corrected chi connectivity index (χ4v) is 4.48. The molecule has 2 heterocycles.